The lowest BCUT2D eigenvalue weighted by molar-refractivity contribution is -0.146. The van der Waals surface area contributed by atoms with Gasteiger partial charge in [0.2, 0.25) is 5.91 Å². The second kappa shape index (κ2) is 7.75. The highest BCUT2D eigenvalue weighted by atomic mass is 35.5. The first kappa shape index (κ1) is 17.9. The lowest BCUT2D eigenvalue weighted by Gasteiger charge is -2.37. The van der Waals surface area contributed by atoms with Gasteiger partial charge in [0.25, 0.3) is 0 Å². The summed E-state index contributed by atoms with van der Waals surface area (Å²) in [4.78, 5) is 14.4. The molecule has 2 rings (SSSR count). The Kier molecular flexibility index (Phi) is 6.61. The Balaban J connectivity index is 0.00000220. The van der Waals surface area contributed by atoms with Crippen molar-refractivity contribution < 1.29 is 14.3 Å². The fraction of sp³-hybridized carbons (Fsp3) is 0.533. The summed E-state index contributed by atoms with van der Waals surface area (Å²) < 4.78 is 10.6. The SMILES string of the molecule is COCC1CN(C(=O)C(C)(N)c2ccccc2)CCO1.Cl. The van der Waals surface area contributed by atoms with E-state index in [1.165, 1.54) is 0 Å². The Morgan fingerprint density at radius 1 is 1.48 bits per heavy atom. The van der Waals surface area contributed by atoms with E-state index in [1.54, 1.807) is 18.9 Å². The number of nitrogens with two attached hydrogens (primary N) is 1. The van der Waals surface area contributed by atoms with Crippen molar-refractivity contribution in [2.24, 2.45) is 5.73 Å². The lowest BCUT2D eigenvalue weighted by atomic mass is 9.91. The third kappa shape index (κ3) is 4.17. The first-order chi connectivity index (χ1) is 9.55. The van der Waals surface area contributed by atoms with E-state index in [0.29, 0.717) is 26.3 Å². The second-order valence-electron chi connectivity index (χ2n) is 5.27. The zero-order valence-corrected chi connectivity index (χ0v) is 13.3. The number of halogens is 1. The van der Waals surface area contributed by atoms with Crippen molar-refractivity contribution in [1.82, 2.24) is 4.90 Å². The van der Waals surface area contributed by atoms with E-state index in [9.17, 15) is 4.79 Å². The van der Waals surface area contributed by atoms with Gasteiger partial charge in [-0.25, -0.2) is 0 Å². The Bertz CT molecular complexity index is 451. The van der Waals surface area contributed by atoms with E-state index in [4.69, 9.17) is 15.2 Å². The topological polar surface area (TPSA) is 64.8 Å². The number of benzene rings is 1. The monoisotopic (exact) mass is 314 g/mol. The molecule has 2 atom stereocenters. The number of ether oxygens (including phenoxy) is 2. The van der Waals surface area contributed by atoms with Crippen molar-refractivity contribution in [3.8, 4) is 0 Å². The summed E-state index contributed by atoms with van der Waals surface area (Å²) in [6, 6.07) is 9.45. The first-order valence-corrected chi connectivity index (χ1v) is 6.80. The molecule has 21 heavy (non-hydrogen) atoms. The van der Waals surface area contributed by atoms with Gasteiger partial charge in [-0.2, -0.15) is 0 Å². The highest BCUT2D eigenvalue weighted by molar-refractivity contribution is 5.87. The van der Waals surface area contributed by atoms with Gasteiger partial charge in [0.05, 0.1) is 19.3 Å². The molecule has 0 aliphatic carbocycles. The molecular formula is C15H23ClN2O3. The van der Waals surface area contributed by atoms with Crippen molar-refractivity contribution in [3.63, 3.8) is 0 Å². The molecule has 2 N–H and O–H groups in total. The number of amides is 1. The molecule has 0 spiro atoms. The zero-order chi connectivity index (χ0) is 14.6. The molecule has 5 nitrogen and oxygen atoms in total. The molecule has 1 amide bonds. The van der Waals surface area contributed by atoms with Crippen LogP contribution >= 0.6 is 12.4 Å². The summed E-state index contributed by atoms with van der Waals surface area (Å²) in [7, 11) is 1.63. The molecule has 0 bridgehead atoms. The van der Waals surface area contributed by atoms with Crippen LogP contribution in [0.3, 0.4) is 0 Å². The summed E-state index contributed by atoms with van der Waals surface area (Å²) in [5.74, 6) is -0.0758. The van der Waals surface area contributed by atoms with Crippen LogP contribution in [0.1, 0.15) is 12.5 Å². The summed E-state index contributed by atoms with van der Waals surface area (Å²) >= 11 is 0. The number of hydrogen-bond donors (Lipinski definition) is 1. The van der Waals surface area contributed by atoms with Gasteiger partial charge in [-0.05, 0) is 12.5 Å². The normalized spacial score (nSPS) is 21.3. The summed E-state index contributed by atoms with van der Waals surface area (Å²) in [5.41, 5.74) is 6.07. The van der Waals surface area contributed by atoms with Gasteiger partial charge in [-0.15, -0.1) is 12.4 Å². The lowest BCUT2D eigenvalue weighted by Crippen LogP contribution is -2.56. The van der Waals surface area contributed by atoms with Crippen LogP contribution < -0.4 is 5.73 Å². The summed E-state index contributed by atoms with van der Waals surface area (Å²) in [6.45, 7) is 3.84. The third-order valence-corrected chi connectivity index (χ3v) is 3.60. The molecule has 0 aromatic heterocycles. The highest BCUT2D eigenvalue weighted by Gasteiger charge is 2.36. The Morgan fingerprint density at radius 3 is 2.76 bits per heavy atom. The Labute approximate surface area is 131 Å². The first-order valence-electron chi connectivity index (χ1n) is 6.80. The van der Waals surface area contributed by atoms with Crippen LogP contribution in [0, 0.1) is 0 Å². The molecule has 6 heteroatoms. The molecule has 118 valence electrons. The number of hydrogen-bond acceptors (Lipinski definition) is 4. The van der Waals surface area contributed by atoms with Gasteiger partial charge in [-0.3, -0.25) is 4.79 Å². The fourth-order valence-electron chi connectivity index (χ4n) is 2.43. The molecule has 1 heterocycles. The predicted octanol–water partition coefficient (Wildman–Crippen LogP) is 1.16. The number of methoxy groups -OCH3 is 1. The number of carbonyl (C=O) groups is 1. The average molecular weight is 315 g/mol. The number of rotatable bonds is 4. The van der Waals surface area contributed by atoms with Gasteiger partial charge in [0, 0.05) is 20.2 Å². The standard InChI is InChI=1S/C15H22N2O3.ClH/c1-15(16,12-6-4-3-5-7-12)14(18)17-8-9-20-13(10-17)11-19-2;/h3-7,13H,8-11,16H2,1-2H3;1H. The van der Waals surface area contributed by atoms with E-state index in [1.807, 2.05) is 30.3 Å². The maximum atomic E-state index is 12.7. The second-order valence-corrected chi connectivity index (χ2v) is 5.27. The average Bonchev–Trinajstić information content (AvgIpc) is 2.48. The minimum atomic E-state index is -1.02. The van der Waals surface area contributed by atoms with Crippen LogP contribution in [0.4, 0.5) is 0 Å². The predicted molar refractivity (Wildman–Crippen MR) is 83.4 cm³/mol. The number of carbonyl (C=O) groups excluding carboxylic acids is 1. The molecule has 1 aromatic rings. The van der Waals surface area contributed by atoms with Crippen LogP contribution in [0.5, 0.6) is 0 Å². The number of morpholine rings is 1. The van der Waals surface area contributed by atoms with E-state index in [-0.39, 0.29) is 24.4 Å². The third-order valence-electron chi connectivity index (χ3n) is 3.60. The van der Waals surface area contributed by atoms with Crippen molar-refractivity contribution in [2.75, 3.05) is 33.4 Å². The quantitative estimate of drug-likeness (QED) is 0.905. The molecular weight excluding hydrogens is 292 g/mol. The van der Waals surface area contributed by atoms with Crippen LogP contribution in [-0.2, 0) is 19.8 Å². The maximum absolute atomic E-state index is 12.7. The summed E-state index contributed by atoms with van der Waals surface area (Å²) in [6.07, 6.45) is -0.0794. The maximum Gasteiger partial charge on any atom is 0.247 e. The van der Waals surface area contributed by atoms with E-state index >= 15 is 0 Å². The summed E-state index contributed by atoms with van der Waals surface area (Å²) in [5, 5.41) is 0. The van der Waals surface area contributed by atoms with Gasteiger partial charge in [0.15, 0.2) is 0 Å². The minimum absolute atomic E-state index is 0. The van der Waals surface area contributed by atoms with Crippen LogP contribution in [0.15, 0.2) is 30.3 Å². The molecule has 1 fully saturated rings. The fourth-order valence-corrected chi connectivity index (χ4v) is 2.43. The van der Waals surface area contributed by atoms with Crippen molar-refractivity contribution >= 4 is 18.3 Å². The molecule has 1 aliphatic heterocycles. The Hall–Kier alpha value is -1.14. The van der Waals surface area contributed by atoms with Crippen molar-refractivity contribution in [2.45, 2.75) is 18.6 Å². The van der Waals surface area contributed by atoms with Gasteiger partial charge < -0.3 is 20.1 Å². The van der Waals surface area contributed by atoms with E-state index in [0.717, 1.165) is 5.56 Å². The highest BCUT2D eigenvalue weighted by Crippen LogP contribution is 2.21. The van der Waals surface area contributed by atoms with Crippen molar-refractivity contribution in [1.29, 1.82) is 0 Å². The number of nitrogens with zero attached hydrogens (tertiary/aromatic N) is 1. The zero-order valence-electron chi connectivity index (χ0n) is 12.5. The van der Waals surface area contributed by atoms with Crippen LogP contribution in [0.25, 0.3) is 0 Å². The minimum Gasteiger partial charge on any atom is -0.382 e. The molecule has 0 radical (unpaired) electrons. The van der Waals surface area contributed by atoms with E-state index < -0.39 is 5.54 Å². The molecule has 2 unspecified atom stereocenters. The van der Waals surface area contributed by atoms with Gasteiger partial charge >= 0.3 is 0 Å². The molecule has 1 saturated heterocycles. The smallest absolute Gasteiger partial charge is 0.247 e. The van der Waals surface area contributed by atoms with Gasteiger partial charge in [0.1, 0.15) is 5.54 Å². The van der Waals surface area contributed by atoms with Crippen LogP contribution in [-0.4, -0.2) is 50.3 Å². The molecule has 1 aliphatic rings. The van der Waals surface area contributed by atoms with E-state index in [2.05, 4.69) is 0 Å². The molecule has 1 aromatic carbocycles. The Morgan fingerprint density at radius 2 is 2.14 bits per heavy atom. The van der Waals surface area contributed by atoms with Gasteiger partial charge in [-0.1, -0.05) is 30.3 Å². The largest absolute Gasteiger partial charge is 0.382 e. The van der Waals surface area contributed by atoms with Crippen LogP contribution in [0.2, 0.25) is 0 Å². The molecule has 0 saturated carbocycles. The van der Waals surface area contributed by atoms with Crippen molar-refractivity contribution in [3.05, 3.63) is 35.9 Å².